The van der Waals surface area contributed by atoms with Crippen LogP contribution in [-0.2, 0) is 9.84 Å². The molecule has 0 N–H and O–H groups in total. The zero-order valence-electron chi connectivity index (χ0n) is 15.5. The number of aromatic nitrogens is 1. The van der Waals surface area contributed by atoms with E-state index < -0.39 is 9.84 Å². The van der Waals surface area contributed by atoms with Gasteiger partial charge in [-0.3, -0.25) is 0 Å². The number of rotatable bonds is 3. The largest absolute Gasteiger partial charge is 0.310 e. The molecule has 3 nitrogen and oxygen atoms in total. The summed E-state index contributed by atoms with van der Waals surface area (Å²) in [5.74, 6) is 0. The summed E-state index contributed by atoms with van der Waals surface area (Å²) in [4.78, 5) is 0.588. The molecule has 0 unspecified atom stereocenters. The second kappa shape index (κ2) is 7.01. The maximum Gasteiger partial charge on any atom is 0.206 e. The first-order chi connectivity index (χ1) is 14.1. The number of hydrogen-bond donors (Lipinski definition) is 0. The molecular formula is C24H18BrNO2S. The minimum Gasteiger partial charge on any atom is -0.310 e. The van der Waals surface area contributed by atoms with E-state index in [0.29, 0.717) is 9.79 Å². The maximum absolute atomic E-state index is 13.0. The van der Waals surface area contributed by atoms with E-state index in [2.05, 4.69) is 50.8 Å². The normalized spacial score (nSPS) is 13.6. The van der Waals surface area contributed by atoms with E-state index in [0.717, 1.165) is 28.5 Å². The van der Waals surface area contributed by atoms with Gasteiger partial charge in [-0.05, 0) is 67.4 Å². The molecule has 5 heteroatoms. The Bertz CT molecular complexity index is 1450. The quantitative estimate of drug-likeness (QED) is 0.445. The molecule has 1 aliphatic carbocycles. The van der Waals surface area contributed by atoms with E-state index in [-0.39, 0.29) is 0 Å². The molecular weight excluding hydrogens is 446 g/mol. The number of benzene rings is 3. The Balaban J connectivity index is 1.65. The Morgan fingerprint density at radius 2 is 1.38 bits per heavy atom. The van der Waals surface area contributed by atoms with Gasteiger partial charge in [-0.2, -0.15) is 0 Å². The van der Waals surface area contributed by atoms with Gasteiger partial charge in [0.15, 0.2) is 0 Å². The molecule has 1 aromatic heterocycles. The van der Waals surface area contributed by atoms with Gasteiger partial charge in [0.05, 0.1) is 15.3 Å². The summed E-state index contributed by atoms with van der Waals surface area (Å²) in [6, 6.07) is 22.2. The number of hydrogen-bond acceptors (Lipinski definition) is 2. The van der Waals surface area contributed by atoms with Crippen LogP contribution in [0.4, 0.5) is 0 Å². The van der Waals surface area contributed by atoms with Crippen LogP contribution in [0.2, 0.25) is 0 Å². The first-order valence-corrected chi connectivity index (χ1v) is 11.7. The van der Waals surface area contributed by atoms with E-state index >= 15 is 0 Å². The lowest BCUT2D eigenvalue weighted by Crippen LogP contribution is -2.30. The van der Waals surface area contributed by atoms with Gasteiger partial charge in [0, 0.05) is 26.1 Å². The number of sulfone groups is 1. The third kappa shape index (κ3) is 3.05. The Morgan fingerprint density at radius 3 is 2.10 bits per heavy atom. The van der Waals surface area contributed by atoms with Crippen LogP contribution in [0, 0.1) is 0 Å². The molecule has 144 valence electrons. The Morgan fingerprint density at radius 1 is 0.759 bits per heavy atom. The molecule has 0 bridgehead atoms. The van der Waals surface area contributed by atoms with Gasteiger partial charge >= 0.3 is 0 Å². The second-order valence-corrected chi connectivity index (χ2v) is 9.95. The summed E-state index contributed by atoms with van der Waals surface area (Å²) in [6.07, 6.45) is 6.62. The molecule has 0 saturated carbocycles. The van der Waals surface area contributed by atoms with Crippen molar-refractivity contribution in [2.75, 3.05) is 0 Å². The molecule has 1 heterocycles. The first-order valence-electron chi connectivity index (χ1n) is 9.47. The Labute approximate surface area is 177 Å². The van der Waals surface area contributed by atoms with Gasteiger partial charge in [-0.1, -0.05) is 46.3 Å². The number of fused-ring (bicyclic) bond motifs is 3. The predicted molar refractivity (Wildman–Crippen MR) is 120 cm³/mol. The zero-order chi connectivity index (χ0) is 20.0. The molecule has 4 aromatic rings. The van der Waals surface area contributed by atoms with Gasteiger partial charge in [-0.25, -0.2) is 8.42 Å². The monoisotopic (exact) mass is 463 g/mol. The van der Waals surface area contributed by atoms with Crippen molar-refractivity contribution >= 4 is 48.8 Å². The summed E-state index contributed by atoms with van der Waals surface area (Å²) in [5, 5.41) is 3.67. The summed E-state index contributed by atoms with van der Waals surface area (Å²) in [6.45, 7) is 0. The summed E-state index contributed by atoms with van der Waals surface area (Å²) >= 11 is 3.35. The van der Waals surface area contributed by atoms with Crippen molar-refractivity contribution in [2.45, 2.75) is 22.6 Å². The van der Waals surface area contributed by atoms with Crippen LogP contribution in [0.5, 0.6) is 0 Å². The van der Waals surface area contributed by atoms with Crippen molar-refractivity contribution in [1.82, 2.24) is 4.57 Å². The van der Waals surface area contributed by atoms with Gasteiger partial charge in [0.1, 0.15) is 0 Å². The molecule has 0 fully saturated rings. The Hall–Kier alpha value is -2.63. The van der Waals surface area contributed by atoms with Crippen molar-refractivity contribution in [2.24, 2.45) is 0 Å². The van der Waals surface area contributed by atoms with E-state index in [9.17, 15) is 8.42 Å². The Kier molecular flexibility index (Phi) is 4.45. The van der Waals surface area contributed by atoms with E-state index in [1.807, 2.05) is 18.2 Å². The lowest BCUT2D eigenvalue weighted by molar-refractivity contribution is 0.596. The van der Waals surface area contributed by atoms with Crippen molar-refractivity contribution in [3.05, 3.63) is 87.8 Å². The van der Waals surface area contributed by atoms with Gasteiger partial charge < -0.3 is 4.57 Å². The third-order valence-electron chi connectivity index (χ3n) is 5.33. The van der Waals surface area contributed by atoms with Crippen molar-refractivity contribution in [1.29, 1.82) is 0 Å². The van der Waals surface area contributed by atoms with Crippen LogP contribution >= 0.6 is 15.9 Å². The number of nitrogens with zero attached hydrogens (tertiary/aromatic N) is 1. The van der Waals surface area contributed by atoms with E-state index in [4.69, 9.17) is 0 Å². The van der Waals surface area contributed by atoms with Gasteiger partial charge in [0.25, 0.3) is 0 Å². The average molecular weight is 464 g/mol. The third-order valence-corrected chi connectivity index (χ3v) is 7.65. The highest BCUT2D eigenvalue weighted by atomic mass is 79.9. The van der Waals surface area contributed by atoms with Crippen molar-refractivity contribution < 1.29 is 8.42 Å². The highest BCUT2D eigenvalue weighted by Gasteiger charge is 2.18. The van der Waals surface area contributed by atoms with Crippen molar-refractivity contribution in [3.8, 4) is 5.69 Å². The molecule has 0 aliphatic heterocycles. The van der Waals surface area contributed by atoms with Crippen LogP contribution in [0.25, 0.3) is 28.7 Å². The first kappa shape index (κ1) is 18.4. The van der Waals surface area contributed by atoms with Gasteiger partial charge in [0.2, 0.25) is 9.84 Å². The minimum absolute atomic E-state index is 0.292. The van der Waals surface area contributed by atoms with Crippen molar-refractivity contribution in [3.63, 3.8) is 0 Å². The lowest BCUT2D eigenvalue weighted by atomic mass is 10.1. The van der Waals surface area contributed by atoms with Crippen LogP contribution in [-0.4, -0.2) is 13.0 Å². The molecule has 1 aliphatic rings. The van der Waals surface area contributed by atoms with Crippen LogP contribution in [0.3, 0.4) is 0 Å². The fourth-order valence-corrected chi connectivity index (χ4v) is 5.48. The molecule has 29 heavy (non-hydrogen) atoms. The summed E-state index contributed by atoms with van der Waals surface area (Å²) < 4.78 is 29.0. The maximum atomic E-state index is 13.0. The van der Waals surface area contributed by atoms with Gasteiger partial charge in [-0.15, -0.1) is 0 Å². The standard InChI is InChI=1S/C24H18BrNO2S/c25-17-9-13-19(14-10-17)29(27,28)20-15-11-18(12-16-20)26-23-7-3-1-5-21(23)22-6-2-4-8-24(22)26/h1,3,5-16H,2,4H2. The molecule has 3 aromatic carbocycles. The zero-order valence-corrected chi connectivity index (χ0v) is 17.9. The molecule has 0 atom stereocenters. The predicted octanol–water partition coefficient (Wildman–Crippen LogP) is 4.58. The highest BCUT2D eigenvalue weighted by molar-refractivity contribution is 9.10. The highest BCUT2D eigenvalue weighted by Crippen LogP contribution is 2.24. The topological polar surface area (TPSA) is 39.1 Å². The summed E-state index contributed by atoms with van der Waals surface area (Å²) in [7, 11) is -3.55. The number of halogens is 1. The molecule has 0 saturated heterocycles. The lowest BCUT2D eigenvalue weighted by Gasteiger charge is -2.10. The SMILES string of the molecule is O=S(=O)(c1ccc(Br)cc1)c1ccc(-n2c3c(c4ccccc42)=CCCC=3)cc1. The number of para-hydroxylation sites is 1. The molecule has 0 spiro atoms. The van der Waals surface area contributed by atoms with E-state index in [1.54, 1.807) is 36.4 Å². The van der Waals surface area contributed by atoms with Crippen LogP contribution in [0.15, 0.2) is 87.1 Å². The van der Waals surface area contributed by atoms with E-state index in [1.165, 1.54) is 16.0 Å². The second-order valence-electron chi connectivity index (χ2n) is 7.09. The van der Waals surface area contributed by atoms with Crippen LogP contribution < -0.4 is 10.6 Å². The smallest absolute Gasteiger partial charge is 0.206 e. The fourth-order valence-electron chi connectivity index (χ4n) is 3.95. The van der Waals surface area contributed by atoms with Crippen LogP contribution in [0.1, 0.15) is 12.8 Å². The fraction of sp³-hybridized carbons (Fsp3) is 0.0833. The molecule has 0 amide bonds. The minimum atomic E-state index is -3.55. The summed E-state index contributed by atoms with van der Waals surface area (Å²) in [5.41, 5.74) is 2.10. The molecule has 5 rings (SSSR count). The average Bonchev–Trinajstić information content (AvgIpc) is 3.09. The molecule has 0 radical (unpaired) electrons.